The molecule has 4 nitrogen and oxygen atoms in total. The van der Waals surface area contributed by atoms with Gasteiger partial charge < -0.3 is 10.3 Å². The van der Waals surface area contributed by atoms with Gasteiger partial charge in [-0.05, 0) is 30.2 Å². The highest BCUT2D eigenvalue weighted by molar-refractivity contribution is 5.39. The van der Waals surface area contributed by atoms with Crippen molar-refractivity contribution < 1.29 is 4.52 Å². The highest BCUT2D eigenvalue weighted by atomic mass is 16.5. The zero-order valence-corrected chi connectivity index (χ0v) is 11.9. The summed E-state index contributed by atoms with van der Waals surface area (Å²) in [5.74, 6) is 1.34. The lowest BCUT2D eigenvalue weighted by Crippen LogP contribution is -1.93. The van der Waals surface area contributed by atoms with Crippen LogP contribution in [0.4, 0.5) is 5.69 Å². The fourth-order valence-corrected chi connectivity index (χ4v) is 2.13. The van der Waals surface area contributed by atoms with Crippen molar-refractivity contribution in [3.63, 3.8) is 0 Å². The molecule has 4 heteroatoms. The Morgan fingerprint density at radius 1 is 0.905 bits per heavy atom. The number of hydrogen-bond donors (Lipinski definition) is 1. The minimum absolute atomic E-state index is 0.626. The lowest BCUT2D eigenvalue weighted by atomic mass is 10.1. The van der Waals surface area contributed by atoms with Crippen LogP contribution in [-0.4, -0.2) is 10.1 Å². The molecule has 0 aliphatic rings. The maximum atomic E-state index is 5.67. The van der Waals surface area contributed by atoms with Crippen molar-refractivity contribution in [2.24, 2.45) is 0 Å². The molecule has 0 bridgehead atoms. The van der Waals surface area contributed by atoms with Crippen molar-refractivity contribution in [1.29, 1.82) is 0 Å². The Balaban J connectivity index is 1.68. The molecule has 3 rings (SSSR count). The minimum Gasteiger partial charge on any atom is -0.399 e. The van der Waals surface area contributed by atoms with Crippen LogP contribution in [0.3, 0.4) is 0 Å². The van der Waals surface area contributed by atoms with E-state index in [2.05, 4.69) is 41.3 Å². The predicted molar refractivity (Wildman–Crippen MR) is 81.9 cm³/mol. The number of nitrogens with two attached hydrogens (primary N) is 1. The topological polar surface area (TPSA) is 64.9 Å². The maximum Gasteiger partial charge on any atom is 0.231 e. The third-order valence-electron chi connectivity index (χ3n) is 3.33. The summed E-state index contributed by atoms with van der Waals surface area (Å²) in [5, 5.41) is 4.04. The second-order valence-corrected chi connectivity index (χ2v) is 5.19. The van der Waals surface area contributed by atoms with Crippen LogP contribution in [0.2, 0.25) is 0 Å². The quantitative estimate of drug-likeness (QED) is 0.745. The molecular formula is C17H17N3O. The monoisotopic (exact) mass is 279 g/mol. The first-order valence-corrected chi connectivity index (χ1v) is 6.90. The highest BCUT2D eigenvalue weighted by Crippen LogP contribution is 2.12. The summed E-state index contributed by atoms with van der Waals surface area (Å²) in [5.41, 5.74) is 9.96. The van der Waals surface area contributed by atoms with Gasteiger partial charge in [0.1, 0.15) is 0 Å². The molecule has 0 amide bonds. The zero-order valence-electron chi connectivity index (χ0n) is 11.9. The summed E-state index contributed by atoms with van der Waals surface area (Å²) in [6.07, 6.45) is 1.31. The Morgan fingerprint density at radius 2 is 1.52 bits per heavy atom. The fraction of sp³-hybridized carbons (Fsp3) is 0.176. The summed E-state index contributed by atoms with van der Waals surface area (Å²) in [4.78, 5) is 4.44. The normalized spacial score (nSPS) is 10.7. The summed E-state index contributed by atoms with van der Waals surface area (Å²) in [6.45, 7) is 2.07. The van der Waals surface area contributed by atoms with E-state index in [9.17, 15) is 0 Å². The predicted octanol–water partition coefficient (Wildman–Crippen LogP) is 3.14. The molecule has 0 radical (unpaired) electrons. The molecule has 0 fully saturated rings. The van der Waals surface area contributed by atoms with Gasteiger partial charge in [-0.3, -0.25) is 0 Å². The number of benzene rings is 2. The number of nitrogen functional groups attached to an aromatic ring is 1. The van der Waals surface area contributed by atoms with E-state index >= 15 is 0 Å². The molecular weight excluding hydrogens is 262 g/mol. The van der Waals surface area contributed by atoms with Crippen LogP contribution in [0, 0.1) is 6.92 Å². The van der Waals surface area contributed by atoms with Gasteiger partial charge in [0.05, 0.1) is 6.42 Å². The first kappa shape index (κ1) is 13.4. The van der Waals surface area contributed by atoms with Crippen molar-refractivity contribution in [2.75, 3.05) is 5.73 Å². The van der Waals surface area contributed by atoms with Crippen LogP contribution in [0.5, 0.6) is 0 Å². The van der Waals surface area contributed by atoms with Crippen LogP contribution in [0.1, 0.15) is 28.4 Å². The van der Waals surface area contributed by atoms with E-state index < -0.39 is 0 Å². The third kappa shape index (κ3) is 3.48. The average molecular weight is 279 g/mol. The third-order valence-corrected chi connectivity index (χ3v) is 3.33. The van der Waals surface area contributed by atoms with E-state index in [1.807, 2.05) is 24.3 Å². The Bertz CT molecular complexity index is 653. The second-order valence-electron chi connectivity index (χ2n) is 5.19. The van der Waals surface area contributed by atoms with Crippen LogP contribution in [0.25, 0.3) is 0 Å². The van der Waals surface area contributed by atoms with Gasteiger partial charge in [-0.2, -0.15) is 4.98 Å². The van der Waals surface area contributed by atoms with E-state index in [1.165, 1.54) is 11.1 Å². The van der Waals surface area contributed by atoms with Crippen LogP contribution in [0.15, 0.2) is 53.1 Å². The van der Waals surface area contributed by atoms with Gasteiger partial charge in [-0.1, -0.05) is 47.1 Å². The molecule has 3 aromatic rings. The van der Waals surface area contributed by atoms with Crippen molar-refractivity contribution in [2.45, 2.75) is 19.8 Å². The fourth-order valence-electron chi connectivity index (χ4n) is 2.13. The van der Waals surface area contributed by atoms with E-state index in [0.717, 1.165) is 11.3 Å². The van der Waals surface area contributed by atoms with Crippen LogP contribution < -0.4 is 5.73 Å². The Labute approximate surface area is 123 Å². The van der Waals surface area contributed by atoms with Crippen molar-refractivity contribution in [3.05, 3.63) is 76.9 Å². The van der Waals surface area contributed by atoms with E-state index in [1.54, 1.807) is 0 Å². The first-order valence-electron chi connectivity index (χ1n) is 6.90. The number of nitrogens with zero attached hydrogens (tertiary/aromatic N) is 2. The molecule has 0 unspecified atom stereocenters. The van der Waals surface area contributed by atoms with Crippen molar-refractivity contribution >= 4 is 5.69 Å². The molecule has 21 heavy (non-hydrogen) atoms. The second kappa shape index (κ2) is 5.79. The standard InChI is InChI=1S/C17H17N3O/c1-12-2-4-13(5-3-12)10-16-19-17(21-20-16)11-14-6-8-15(18)9-7-14/h2-9H,10-11,18H2,1H3. The number of hydrogen-bond acceptors (Lipinski definition) is 4. The molecule has 0 atom stereocenters. The number of aromatic nitrogens is 2. The van der Waals surface area contributed by atoms with E-state index in [4.69, 9.17) is 10.3 Å². The summed E-state index contributed by atoms with van der Waals surface area (Å²) in [6, 6.07) is 16.0. The van der Waals surface area contributed by atoms with Gasteiger partial charge in [0.15, 0.2) is 5.82 Å². The molecule has 0 saturated heterocycles. The SMILES string of the molecule is Cc1ccc(Cc2noc(Cc3ccc(N)cc3)n2)cc1. The largest absolute Gasteiger partial charge is 0.399 e. The van der Waals surface area contributed by atoms with E-state index in [-0.39, 0.29) is 0 Å². The Kier molecular flexibility index (Phi) is 3.69. The lowest BCUT2D eigenvalue weighted by molar-refractivity contribution is 0.380. The van der Waals surface area contributed by atoms with Gasteiger partial charge >= 0.3 is 0 Å². The maximum absolute atomic E-state index is 5.67. The van der Waals surface area contributed by atoms with E-state index in [0.29, 0.717) is 24.6 Å². The molecule has 0 aliphatic carbocycles. The molecule has 1 heterocycles. The van der Waals surface area contributed by atoms with Gasteiger partial charge in [-0.25, -0.2) is 0 Å². The van der Waals surface area contributed by atoms with Gasteiger partial charge in [0, 0.05) is 12.1 Å². The summed E-state index contributed by atoms with van der Waals surface area (Å²) >= 11 is 0. The van der Waals surface area contributed by atoms with Crippen LogP contribution >= 0.6 is 0 Å². The molecule has 0 saturated carbocycles. The smallest absolute Gasteiger partial charge is 0.231 e. The molecule has 1 aromatic heterocycles. The summed E-state index contributed by atoms with van der Waals surface area (Å²) in [7, 11) is 0. The number of anilines is 1. The molecule has 2 aromatic carbocycles. The van der Waals surface area contributed by atoms with Gasteiger partial charge in [0.2, 0.25) is 5.89 Å². The highest BCUT2D eigenvalue weighted by Gasteiger charge is 2.08. The Hall–Kier alpha value is -2.62. The van der Waals surface area contributed by atoms with Crippen LogP contribution in [-0.2, 0) is 12.8 Å². The molecule has 2 N–H and O–H groups in total. The van der Waals surface area contributed by atoms with Crippen molar-refractivity contribution in [3.8, 4) is 0 Å². The number of aryl methyl sites for hydroxylation is 1. The average Bonchev–Trinajstić information content (AvgIpc) is 2.91. The number of rotatable bonds is 4. The summed E-state index contributed by atoms with van der Waals surface area (Å²) < 4.78 is 5.30. The van der Waals surface area contributed by atoms with Crippen molar-refractivity contribution in [1.82, 2.24) is 10.1 Å². The first-order chi connectivity index (χ1) is 10.2. The molecule has 0 spiro atoms. The molecule has 0 aliphatic heterocycles. The zero-order chi connectivity index (χ0) is 14.7. The molecule has 106 valence electrons. The lowest BCUT2D eigenvalue weighted by Gasteiger charge is -1.98. The minimum atomic E-state index is 0.626. The Morgan fingerprint density at radius 3 is 2.24 bits per heavy atom. The van der Waals surface area contributed by atoms with Gasteiger partial charge in [0.25, 0.3) is 0 Å². The van der Waals surface area contributed by atoms with Gasteiger partial charge in [-0.15, -0.1) is 0 Å².